The molecule has 2 N–H and O–H groups in total. The molecule has 0 aromatic rings. The molecule has 0 bridgehead atoms. The number of hydrogen-bond donors (Lipinski definition) is 2. The SMILES string of the molecule is COC(CNC(=O)C1CCCCCC1)C(=O)O. The van der Waals surface area contributed by atoms with Gasteiger partial charge in [-0.2, -0.15) is 0 Å². The second-order valence-corrected chi connectivity index (χ2v) is 4.50. The fourth-order valence-electron chi connectivity index (χ4n) is 2.15. The third-order valence-corrected chi connectivity index (χ3v) is 3.25. The fraction of sp³-hybridized carbons (Fsp3) is 0.833. The van der Waals surface area contributed by atoms with Crippen LogP contribution in [0.5, 0.6) is 0 Å². The first-order chi connectivity index (χ1) is 8.15. The molecule has 1 amide bonds. The summed E-state index contributed by atoms with van der Waals surface area (Å²) in [6.07, 6.45) is 5.44. The van der Waals surface area contributed by atoms with E-state index in [0.717, 1.165) is 25.7 Å². The van der Waals surface area contributed by atoms with Crippen LogP contribution in [0.25, 0.3) is 0 Å². The van der Waals surface area contributed by atoms with Crippen molar-refractivity contribution in [3.8, 4) is 0 Å². The van der Waals surface area contributed by atoms with Gasteiger partial charge < -0.3 is 15.2 Å². The van der Waals surface area contributed by atoms with Crippen molar-refractivity contribution < 1.29 is 19.4 Å². The lowest BCUT2D eigenvalue weighted by atomic mass is 9.99. The van der Waals surface area contributed by atoms with Gasteiger partial charge >= 0.3 is 5.97 Å². The highest BCUT2D eigenvalue weighted by molar-refractivity contribution is 5.80. The van der Waals surface area contributed by atoms with E-state index in [-0.39, 0.29) is 18.4 Å². The van der Waals surface area contributed by atoms with E-state index in [1.165, 1.54) is 20.0 Å². The van der Waals surface area contributed by atoms with Gasteiger partial charge in [-0.3, -0.25) is 4.79 Å². The molecule has 98 valence electrons. The van der Waals surface area contributed by atoms with Crippen molar-refractivity contribution >= 4 is 11.9 Å². The number of ether oxygens (including phenoxy) is 1. The van der Waals surface area contributed by atoms with Gasteiger partial charge in [0.25, 0.3) is 0 Å². The van der Waals surface area contributed by atoms with Crippen LogP contribution in [0.15, 0.2) is 0 Å². The van der Waals surface area contributed by atoms with E-state index in [4.69, 9.17) is 9.84 Å². The Kier molecular flexibility index (Phi) is 5.97. The van der Waals surface area contributed by atoms with E-state index < -0.39 is 12.1 Å². The summed E-state index contributed by atoms with van der Waals surface area (Å²) in [6.45, 7) is 0.0428. The van der Waals surface area contributed by atoms with Crippen LogP contribution in [-0.4, -0.2) is 36.7 Å². The minimum absolute atomic E-state index is 0.0322. The normalized spacial score (nSPS) is 19.4. The maximum Gasteiger partial charge on any atom is 0.334 e. The number of amides is 1. The zero-order valence-electron chi connectivity index (χ0n) is 10.3. The molecule has 17 heavy (non-hydrogen) atoms. The van der Waals surface area contributed by atoms with Crippen molar-refractivity contribution in [3.05, 3.63) is 0 Å². The molecule has 0 aromatic carbocycles. The first-order valence-electron chi connectivity index (χ1n) is 6.18. The highest BCUT2D eigenvalue weighted by atomic mass is 16.5. The molecule has 0 radical (unpaired) electrons. The standard InChI is InChI=1S/C12H21NO4/c1-17-10(12(15)16)8-13-11(14)9-6-4-2-3-5-7-9/h9-10H,2-8H2,1H3,(H,13,14)(H,15,16). The molecule has 1 atom stereocenters. The summed E-state index contributed by atoms with van der Waals surface area (Å²) in [6, 6.07) is 0. The molecular weight excluding hydrogens is 222 g/mol. The summed E-state index contributed by atoms with van der Waals surface area (Å²) in [5, 5.41) is 11.4. The van der Waals surface area contributed by atoms with Crippen molar-refractivity contribution in [1.29, 1.82) is 0 Å². The smallest absolute Gasteiger partial charge is 0.334 e. The van der Waals surface area contributed by atoms with Gasteiger partial charge in [-0.25, -0.2) is 4.79 Å². The molecule has 5 nitrogen and oxygen atoms in total. The Morgan fingerprint density at radius 3 is 2.35 bits per heavy atom. The van der Waals surface area contributed by atoms with E-state index >= 15 is 0 Å². The van der Waals surface area contributed by atoms with Gasteiger partial charge in [0.1, 0.15) is 0 Å². The van der Waals surface area contributed by atoms with E-state index in [1.54, 1.807) is 0 Å². The van der Waals surface area contributed by atoms with E-state index in [0.29, 0.717) is 0 Å². The molecule has 1 rings (SSSR count). The number of methoxy groups -OCH3 is 1. The Morgan fingerprint density at radius 1 is 1.29 bits per heavy atom. The van der Waals surface area contributed by atoms with E-state index in [2.05, 4.69) is 5.32 Å². The summed E-state index contributed by atoms with van der Waals surface area (Å²) in [5.74, 6) is -1.03. The average molecular weight is 243 g/mol. The van der Waals surface area contributed by atoms with Gasteiger partial charge in [0.2, 0.25) is 5.91 Å². The van der Waals surface area contributed by atoms with Crippen LogP contribution >= 0.6 is 0 Å². The van der Waals surface area contributed by atoms with Gasteiger partial charge in [0.05, 0.1) is 6.54 Å². The molecule has 1 fully saturated rings. The Balaban J connectivity index is 2.34. The Hall–Kier alpha value is -1.10. The molecule has 0 saturated heterocycles. The molecule has 5 heteroatoms. The topological polar surface area (TPSA) is 75.6 Å². The number of hydrogen-bond acceptors (Lipinski definition) is 3. The minimum atomic E-state index is -1.05. The van der Waals surface area contributed by atoms with E-state index in [9.17, 15) is 9.59 Å². The van der Waals surface area contributed by atoms with Gasteiger partial charge in [-0.15, -0.1) is 0 Å². The molecular formula is C12H21NO4. The quantitative estimate of drug-likeness (QED) is 0.711. The number of nitrogens with one attached hydrogen (secondary N) is 1. The molecule has 1 aliphatic rings. The van der Waals surface area contributed by atoms with Crippen LogP contribution < -0.4 is 5.32 Å². The van der Waals surface area contributed by atoms with Crippen LogP contribution in [0.3, 0.4) is 0 Å². The van der Waals surface area contributed by atoms with Crippen molar-refractivity contribution in [3.63, 3.8) is 0 Å². The monoisotopic (exact) mass is 243 g/mol. The highest BCUT2D eigenvalue weighted by Gasteiger charge is 2.22. The van der Waals surface area contributed by atoms with Crippen LogP contribution in [0.1, 0.15) is 38.5 Å². The van der Waals surface area contributed by atoms with Crippen LogP contribution in [0.4, 0.5) is 0 Å². The summed E-state index contributed by atoms with van der Waals surface area (Å²) >= 11 is 0. The second-order valence-electron chi connectivity index (χ2n) is 4.50. The third kappa shape index (κ3) is 4.73. The van der Waals surface area contributed by atoms with Crippen LogP contribution in [-0.2, 0) is 14.3 Å². The lowest BCUT2D eigenvalue weighted by Crippen LogP contribution is -2.40. The van der Waals surface area contributed by atoms with Crippen LogP contribution in [0.2, 0.25) is 0 Å². The first-order valence-corrected chi connectivity index (χ1v) is 6.18. The predicted octanol–water partition coefficient (Wildman–Crippen LogP) is 1.17. The summed E-state index contributed by atoms with van der Waals surface area (Å²) in [7, 11) is 1.33. The molecule has 1 saturated carbocycles. The maximum atomic E-state index is 11.8. The summed E-state index contributed by atoms with van der Waals surface area (Å²) in [4.78, 5) is 22.5. The maximum absolute atomic E-state index is 11.8. The van der Waals surface area contributed by atoms with Gasteiger partial charge in [-0.05, 0) is 12.8 Å². The average Bonchev–Trinajstić information content (AvgIpc) is 2.57. The molecule has 0 aliphatic heterocycles. The fourth-order valence-corrected chi connectivity index (χ4v) is 2.15. The van der Waals surface area contributed by atoms with Crippen LogP contribution in [0, 0.1) is 5.92 Å². The third-order valence-electron chi connectivity index (χ3n) is 3.25. The number of aliphatic carboxylic acids is 1. The zero-order chi connectivity index (χ0) is 12.7. The van der Waals surface area contributed by atoms with Crippen molar-refractivity contribution in [2.75, 3.05) is 13.7 Å². The van der Waals surface area contributed by atoms with E-state index in [1.807, 2.05) is 0 Å². The lowest BCUT2D eigenvalue weighted by molar-refractivity contribution is -0.148. The predicted molar refractivity (Wildman–Crippen MR) is 62.6 cm³/mol. The first kappa shape index (κ1) is 14.0. The number of carbonyl (C=O) groups excluding carboxylic acids is 1. The van der Waals surface area contributed by atoms with Crippen molar-refractivity contribution in [2.45, 2.75) is 44.6 Å². The number of rotatable bonds is 5. The Morgan fingerprint density at radius 2 is 1.88 bits per heavy atom. The Labute approximate surface area is 102 Å². The van der Waals surface area contributed by atoms with Crippen molar-refractivity contribution in [2.24, 2.45) is 5.92 Å². The molecule has 0 spiro atoms. The Bertz CT molecular complexity index is 259. The van der Waals surface area contributed by atoms with Gasteiger partial charge in [-0.1, -0.05) is 25.7 Å². The zero-order valence-corrected chi connectivity index (χ0v) is 10.3. The highest BCUT2D eigenvalue weighted by Crippen LogP contribution is 2.22. The minimum Gasteiger partial charge on any atom is -0.479 e. The van der Waals surface area contributed by atoms with Gasteiger partial charge in [0.15, 0.2) is 6.10 Å². The number of carboxylic acid groups (broad SMARTS) is 1. The number of carboxylic acids is 1. The van der Waals surface area contributed by atoms with Gasteiger partial charge in [0, 0.05) is 13.0 Å². The molecule has 0 aromatic heterocycles. The summed E-state index contributed by atoms with van der Waals surface area (Å²) < 4.78 is 4.76. The number of carbonyl (C=O) groups is 2. The second kappa shape index (κ2) is 7.27. The molecule has 1 unspecified atom stereocenters. The lowest BCUT2D eigenvalue weighted by Gasteiger charge is -2.16. The summed E-state index contributed by atoms with van der Waals surface area (Å²) in [5.41, 5.74) is 0. The van der Waals surface area contributed by atoms with Crippen molar-refractivity contribution in [1.82, 2.24) is 5.32 Å². The largest absolute Gasteiger partial charge is 0.479 e. The molecule has 1 aliphatic carbocycles. The molecule has 0 heterocycles.